The smallest absolute Gasteiger partial charge is 0.358 e. The summed E-state index contributed by atoms with van der Waals surface area (Å²) in [7, 11) is 0. The lowest BCUT2D eigenvalue weighted by atomic mass is 10.1. The number of hydrogen-bond donors (Lipinski definition) is 0. The second kappa shape index (κ2) is 8.43. The molecule has 2 heterocycles. The molecule has 0 saturated heterocycles. The van der Waals surface area contributed by atoms with Crippen LogP contribution in [0.4, 0.5) is 4.39 Å². The van der Waals surface area contributed by atoms with Gasteiger partial charge in [-0.1, -0.05) is 17.3 Å². The van der Waals surface area contributed by atoms with Gasteiger partial charge >= 0.3 is 5.97 Å². The number of imidazole rings is 1. The van der Waals surface area contributed by atoms with Crippen LogP contribution in [0.25, 0.3) is 6.08 Å². The van der Waals surface area contributed by atoms with E-state index in [0.717, 1.165) is 0 Å². The molecule has 1 aromatic heterocycles. The molecule has 8 heteroatoms. The van der Waals surface area contributed by atoms with E-state index >= 15 is 0 Å². The van der Waals surface area contributed by atoms with Crippen LogP contribution in [-0.2, 0) is 16.2 Å². The Morgan fingerprint density at radius 1 is 1.19 bits per heavy atom. The molecule has 0 unspecified atom stereocenters. The van der Waals surface area contributed by atoms with Gasteiger partial charge in [-0.25, -0.2) is 14.2 Å². The molecule has 0 fully saturated rings. The van der Waals surface area contributed by atoms with Crippen LogP contribution in [0.3, 0.4) is 0 Å². The van der Waals surface area contributed by atoms with Gasteiger partial charge < -0.3 is 18.9 Å². The predicted octanol–water partition coefficient (Wildman–Crippen LogP) is 4.19. The molecular formula is C23H20FN3O4. The Hall–Kier alpha value is -3.94. The predicted molar refractivity (Wildman–Crippen MR) is 112 cm³/mol. The standard InChI is InChI=1S/C23H20FN3O4/c1-23(2)29-20-9-6-17(13-21(20)30-23)19(14-27-12-11-25-15-27)26-31-22(28)10-5-16-3-7-18(24)8-4-16/h3-13,15H,14H2,1-2H3/b10-5+,26-19+. The Kier molecular flexibility index (Phi) is 5.53. The number of ether oxygens (including phenoxy) is 2. The molecule has 1 aliphatic rings. The van der Waals surface area contributed by atoms with Gasteiger partial charge in [0, 0.05) is 37.9 Å². The summed E-state index contributed by atoms with van der Waals surface area (Å²) in [6, 6.07) is 11.1. The highest BCUT2D eigenvalue weighted by molar-refractivity contribution is 6.01. The van der Waals surface area contributed by atoms with Gasteiger partial charge in [-0.15, -0.1) is 0 Å². The van der Waals surface area contributed by atoms with Crippen molar-refractivity contribution in [2.75, 3.05) is 0 Å². The van der Waals surface area contributed by atoms with Gasteiger partial charge in [0.1, 0.15) is 11.5 Å². The number of rotatable bonds is 6. The Labute approximate surface area is 178 Å². The van der Waals surface area contributed by atoms with Crippen molar-refractivity contribution in [1.29, 1.82) is 0 Å². The summed E-state index contributed by atoms with van der Waals surface area (Å²) in [5.41, 5.74) is 1.88. The first kappa shape index (κ1) is 20.3. The summed E-state index contributed by atoms with van der Waals surface area (Å²) in [5, 5.41) is 4.07. The number of benzene rings is 2. The number of nitrogens with zero attached hydrogens (tertiary/aromatic N) is 3. The van der Waals surface area contributed by atoms with Crippen molar-refractivity contribution < 1.29 is 23.5 Å². The van der Waals surface area contributed by atoms with Gasteiger partial charge in [0.05, 0.1) is 12.9 Å². The molecule has 1 aliphatic heterocycles. The molecule has 31 heavy (non-hydrogen) atoms. The molecular weight excluding hydrogens is 401 g/mol. The van der Waals surface area contributed by atoms with Crippen LogP contribution in [0.2, 0.25) is 0 Å². The highest BCUT2D eigenvalue weighted by atomic mass is 19.1. The lowest BCUT2D eigenvalue weighted by Crippen LogP contribution is -2.29. The minimum atomic E-state index is -0.750. The molecule has 0 radical (unpaired) electrons. The minimum Gasteiger partial charge on any atom is -0.449 e. The van der Waals surface area contributed by atoms with Crippen molar-refractivity contribution in [3.63, 3.8) is 0 Å². The third-order valence-corrected chi connectivity index (χ3v) is 4.41. The number of fused-ring (bicyclic) bond motifs is 1. The van der Waals surface area contributed by atoms with Gasteiger partial charge in [-0.3, -0.25) is 0 Å². The Morgan fingerprint density at radius 3 is 2.71 bits per heavy atom. The van der Waals surface area contributed by atoms with Gasteiger partial charge in [-0.05, 0) is 42.0 Å². The molecule has 0 aliphatic carbocycles. The third-order valence-electron chi connectivity index (χ3n) is 4.41. The molecule has 4 rings (SSSR count). The zero-order valence-corrected chi connectivity index (χ0v) is 17.0. The van der Waals surface area contributed by atoms with Crippen LogP contribution < -0.4 is 9.47 Å². The first-order chi connectivity index (χ1) is 14.9. The lowest BCUT2D eigenvalue weighted by Gasteiger charge is -2.16. The molecule has 2 aromatic carbocycles. The average molecular weight is 421 g/mol. The van der Waals surface area contributed by atoms with Crippen molar-refractivity contribution in [1.82, 2.24) is 9.55 Å². The van der Waals surface area contributed by atoms with E-state index in [4.69, 9.17) is 14.3 Å². The van der Waals surface area contributed by atoms with Crippen LogP contribution in [-0.4, -0.2) is 27.0 Å². The van der Waals surface area contributed by atoms with Crippen molar-refractivity contribution in [2.45, 2.75) is 26.2 Å². The molecule has 0 amide bonds. The van der Waals surface area contributed by atoms with Crippen LogP contribution in [0, 0.1) is 5.82 Å². The van der Waals surface area contributed by atoms with Crippen LogP contribution in [0.5, 0.6) is 11.5 Å². The maximum Gasteiger partial charge on any atom is 0.358 e. The molecule has 0 bridgehead atoms. The molecule has 7 nitrogen and oxygen atoms in total. The molecule has 0 N–H and O–H groups in total. The van der Waals surface area contributed by atoms with Crippen LogP contribution >= 0.6 is 0 Å². The summed E-state index contributed by atoms with van der Waals surface area (Å²) < 4.78 is 26.3. The highest BCUT2D eigenvalue weighted by Crippen LogP contribution is 2.39. The van der Waals surface area contributed by atoms with Crippen molar-refractivity contribution in [3.8, 4) is 11.5 Å². The van der Waals surface area contributed by atoms with E-state index in [2.05, 4.69) is 10.1 Å². The number of aromatic nitrogens is 2. The number of halogens is 1. The zero-order valence-electron chi connectivity index (χ0n) is 17.0. The summed E-state index contributed by atoms with van der Waals surface area (Å²) in [5.74, 6) is -0.534. The number of carbonyl (C=O) groups is 1. The van der Waals surface area contributed by atoms with Gasteiger partial charge in [-0.2, -0.15) is 0 Å². The third kappa shape index (κ3) is 5.16. The monoisotopic (exact) mass is 421 g/mol. The fourth-order valence-electron chi connectivity index (χ4n) is 3.00. The van der Waals surface area contributed by atoms with Crippen molar-refractivity contribution >= 4 is 17.8 Å². The molecule has 0 saturated carbocycles. The van der Waals surface area contributed by atoms with E-state index < -0.39 is 11.8 Å². The van der Waals surface area contributed by atoms with Gasteiger partial charge in [0.25, 0.3) is 0 Å². The largest absolute Gasteiger partial charge is 0.449 e. The van der Waals surface area contributed by atoms with Gasteiger partial charge in [0.2, 0.25) is 5.79 Å². The van der Waals surface area contributed by atoms with Crippen LogP contribution in [0.15, 0.2) is 72.4 Å². The van der Waals surface area contributed by atoms with E-state index in [-0.39, 0.29) is 5.82 Å². The molecule has 3 aromatic rings. The summed E-state index contributed by atoms with van der Waals surface area (Å²) >= 11 is 0. The maximum absolute atomic E-state index is 13.0. The van der Waals surface area contributed by atoms with E-state index in [0.29, 0.717) is 34.9 Å². The zero-order chi connectivity index (χ0) is 21.8. The Balaban J connectivity index is 1.53. The van der Waals surface area contributed by atoms with Gasteiger partial charge in [0.15, 0.2) is 11.5 Å². The first-order valence-electron chi connectivity index (χ1n) is 9.58. The summed E-state index contributed by atoms with van der Waals surface area (Å²) in [4.78, 5) is 21.3. The molecule has 0 spiro atoms. The highest BCUT2D eigenvalue weighted by Gasteiger charge is 2.32. The van der Waals surface area contributed by atoms with E-state index in [1.807, 2.05) is 19.9 Å². The summed E-state index contributed by atoms with van der Waals surface area (Å²) in [6.07, 6.45) is 7.82. The number of hydrogen-bond acceptors (Lipinski definition) is 6. The SMILES string of the molecule is CC1(C)Oc2ccc(/C(Cn3ccnc3)=N/OC(=O)/C=C/c3ccc(F)cc3)cc2O1. The fourth-order valence-corrected chi connectivity index (χ4v) is 3.00. The first-order valence-corrected chi connectivity index (χ1v) is 9.58. The van der Waals surface area contributed by atoms with Crippen molar-refractivity contribution in [2.24, 2.45) is 5.16 Å². The molecule has 0 atom stereocenters. The quantitative estimate of drug-likeness (QED) is 0.258. The number of oxime groups is 1. The lowest BCUT2D eigenvalue weighted by molar-refractivity contribution is -0.137. The Bertz CT molecular complexity index is 1140. The maximum atomic E-state index is 13.0. The van der Waals surface area contributed by atoms with E-state index in [1.165, 1.54) is 24.3 Å². The van der Waals surface area contributed by atoms with Crippen molar-refractivity contribution in [3.05, 3.63) is 84.2 Å². The normalized spacial score (nSPS) is 14.7. The average Bonchev–Trinajstić information content (AvgIpc) is 3.35. The Morgan fingerprint density at radius 2 is 1.97 bits per heavy atom. The number of carbonyl (C=O) groups excluding carboxylic acids is 1. The second-order valence-electron chi connectivity index (χ2n) is 7.33. The summed E-state index contributed by atoms with van der Waals surface area (Å²) in [6.45, 7) is 3.97. The second-order valence-corrected chi connectivity index (χ2v) is 7.33. The molecule has 158 valence electrons. The van der Waals surface area contributed by atoms with E-state index in [1.54, 1.807) is 47.6 Å². The fraction of sp³-hybridized carbons (Fsp3) is 0.174. The minimum absolute atomic E-state index is 0.331. The topological polar surface area (TPSA) is 74.9 Å². The van der Waals surface area contributed by atoms with E-state index in [9.17, 15) is 9.18 Å². The van der Waals surface area contributed by atoms with Crippen LogP contribution in [0.1, 0.15) is 25.0 Å².